The summed E-state index contributed by atoms with van der Waals surface area (Å²) < 4.78 is 28.3. The number of nitrogens with zero attached hydrogens (tertiary/aromatic N) is 1. The Labute approximate surface area is 130 Å². The second-order valence-corrected chi connectivity index (χ2v) is 8.53. The van der Waals surface area contributed by atoms with Gasteiger partial charge in [-0.05, 0) is 56.2 Å². The predicted octanol–water partition coefficient (Wildman–Crippen LogP) is 3.79. The van der Waals surface area contributed by atoms with Crippen LogP contribution < -0.4 is 0 Å². The topological polar surface area (TPSA) is 37.4 Å². The summed E-state index contributed by atoms with van der Waals surface area (Å²) in [4.78, 5) is 0.476. The monoisotopic (exact) mass is 359 g/mol. The third kappa shape index (κ3) is 2.81. The smallest absolute Gasteiger partial charge is 0.207 e. The first-order chi connectivity index (χ1) is 9.25. The molecule has 1 fully saturated rings. The molecule has 3 nitrogen and oxygen atoms in total. The van der Waals surface area contributed by atoms with Gasteiger partial charge in [0, 0.05) is 17.6 Å². The van der Waals surface area contributed by atoms with Gasteiger partial charge in [-0.3, -0.25) is 0 Å². The Bertz CT molecular complexity index is 617. The molecule has 0 N–H and O–H groups in total. The van der Waals surface area contributed by atoms with Gasteiger partial charge in [0.25, 0.3) is 0 Å². The maximum absolute atomic E-state index is 12.9. The lowest BCUT2D eigenvalue weighted by atomic mass is 10.0. The summed E-state index contributed by atoms with van der Waals surface area (Å²) in [6.45, 7) is 9.20. The van der Waals surface area contributed by atoms with Gasteiger partial charge in [0.1, 0.15) is 0 Å². The molecule has 112 valence electrons. The Kier molecular flexibility index (Phi) is 4.62. The SMILES string of the molecule is Cc1cc(C)c(S(=O)(=O)N2CCC(C)CC2)c(C)c1Br. The molecule has 0 radical (unpaired) electrons. The van der Waals surface area contributed by atoms with Gasteiger partial charge in [0.2, 0.25) is 10.0 Å². The molecule has 1 aromatic rings. The minimum atomic E-state index is -3.38. The summed E-state index contributed by atoms with van der Waals surface area (Å²) in [6.07, 6.45) is 1.90. The number of sulfonamides is 1. The molecular weight excluding hydrogens is 338 g/mol. The molecule has 0 bridgehead atoms. The van der Waals surface area contributed by atoms with Gasteiger partial charge in [-0.15, -0.1) is 0 Å². The highest BCUT2D eigenvalue weighted by atomic mass is 79.9. The lowest BCUT2D eigenvalue weighted by Crippen LogP contribution is -2.38. The van der Waals surface area contributed by atoms with Gasteiger partial charge < -0.3 is 0 Å². The molecule has 1 saturated heterocycles. The average molecular weight is 360 g/mol. The zero-order chi connectivity index (χ0) is 15.1. The van der Waals surface area contributed by atoms with Crippen molar-refractivity contribution in [1.82, 2.24) is 4.31 Å². The quantitative estimate of drug-likeness (QED) is 0.805. The first-order valence-corrected chi connectivity index (χ1v) is 9.25. The number of aryl methyl sites for hydroxylation is 2. The molecular formula is C15H22BrNO2S. The van der Waals surface area contributed by atoms with Crippen LogP contribution in [0.1, 0.15) is 36.5 Å². The zero-order valence-corrected chi connectivity index (χ0v) is 14.9. The van der Waals surface area contributed by atoms with Gasteiger partial charge in [-0.25, -0.2) is 8.42 Å². The summed E-state index contributed by atoms with van der Waals surface area (Å²) in [5.74, 6) is 0.619. The van der Waals surface area contributed by atoms with E-state index in [9.17, 15) is 8.42 Å². The van der Waals surface area contributed by atoms with Crippen LogP contribution in [-0.4, -0.2) is 25.8 Å². The van der Waals surface area contributed by atoms with E-state index in [1.807, 2.05) is 26.8 Å². The lowest BCUT2D eigenvalue weighted by molar-refractivity contribution is 0.288. The maximum atomic E-state index is 12.9. The minimum absolute atomic E-state index is 0.476. The Morgan fingerprint density at radius 1 is 1.15 bits per heavy atom. The number of halogens is 1. The van der Waals surface area contributed by atoms with E-state index >= 15 is 0 Å². The number of benzene rings is 1. The molecule has 1 aliphatic rings. The van der Waals surface area contributed by atoms with E-state index in [0.717, 1.165) is 34.0 Å². The molecule has 0 atom stereocenters. The van der Waals surface area contributed by atoms with Crippen LogP contribution in [0.4, 0.5) is 0 Å². The molecule has 0 amide bonds. The van der Waals surface area contributed by atoms with Crippen LogP contribution in [-0.2, 0) is 10.0 Å². The van der Waals surface area contributed by atoms with Crippen molar-refractivity contribution in [2.75, 3.05) is 13.1 Å². The van der Waals surface area contributed by atoms with Gasteiger partial charge in [-0.1, -0.05) is 28.9 Å². The Morgan fingerprint density at radius 3 is 2.25 bits per heavy atom. The molecule has 1 heterocycles. The Hall–Kier alpha value is -0.390. The van der Waals surface area contributed by atoms with Crippen LogP contribution in [0.3, 0.4) is 0 Å². The van der Waals surface area contributed by atoms with E-state index in [2.05, 4.69) is 22.9 Å². The van der Waals surface area contributed by atoms with Crippen molar-refractivity contribution in [1.29, 1.82) is 0 Å². The van der Waals surface area contributed by atoms with Crippen LogP contribution in [0.15, 0.2) is 15.4 Å². The van der Waals surface area contributed by atoms with Gasteiger partial charge >= 0.3 is 0 Å². The third-order valence-corrected chi connectivity index (χ3v) is 7.56. The molecule has 0 aromatic heterocycles. The van der Waals surface area contributed by atoms with Crippen LogP contribution in [0.5, 0.6) is 0 Å². The highest BCUT2D eigenvalue weighted by Crippen LogP contribution is 2.33. The van der Waals surface area contributed by atoms with E-state index < -0.39 is 10.0 Å². The zero-order valence-electron chi connectivity index (χ0n) is 12.5. The van der Waals surface area contributed by atoms with E-state index in [1.165, 1.54) is 0 Å². The number of piperidine rings is 1. The van der Waals surface area contributed by atoms with Crippen molar-refractivity contribution >= 4 is 26.0 Å². The summed E-state index contributed by atoms with van der Waals surface area (Å²) in [5.41, 5.74) is 2.73. The van der Waals surface area contributed by atoms with Gasteiger partial charge in [-0.2, -0.15) is 4.31 Å². The van der Waals surface area contributed by atoms with Crippen molar-refractivity contribution in [2.24, 2.45) is 5.92 Å². The molecule has 5 heteroatoms. The second kappa shape index (κ2) is 5.78. The normalized spacial score (nSPS) is 18.4. The van der Waals surface area contributed by atoms with Gasteiger partial charge in [0.15, 0.2) is 0 Å². The fourth-order valence-corrected chi connectivity index (χ4v) is 5.24. The fourth-order valence-electron chi connectivity index (χ4n) is 2.90. The molecule has 0 saturated carbocycles. The first-order valence-electron chi connectivity index (χ1n) is 7.01. The number of hydrogen-bond acceptors (Lipinski definition) is 2. The van der Waals surface area contributed by atoms with Crippen molar-refractivity contribution in [3.05, 3.63) is 27.2 Å². The van der Waals surface area contributed by atoms with E-state index in [-0.39, 0.29) is 0 Å². The second-order valence-electron chi connectivity index (χ2n) is 5.87. The number of rotatable bonds is 2. The molecule has 0 aliphatic carbocycles. The predicted molar refractivity (Wildman–Crippen MR) is 85.5 cm³/mol. The largest absolute Gasteiger partial charge is 0.243 e. The summed E-state index contributed by atoms with van der Waals surface area (Å²) in [6, 6.07) is 1.94. The molecule has 0 unspecified atom stereocenters. The van der Waals surface area contributed by atoms with E-state index in [1.54, 1.807) is 4.31 Å². The Morgan fingerprint density at radius 2 is 1.70 bits per heavy atom. The third-order valence-electron chi connectivity index (χ3n) is 4.15. The molecule has 1 aliphatic heterocycles. The van der Waals surface area contributed by atoms with E-state index in [4.69, 9.17) is 0 Å². The van der Waals surface area contributed by atoms with Crippen molar-refractivity contribution in [3.8, 4) is 0 Å². The van der Waals surface area contributed by atoms with Crippen molar-refractivity contribution in [2.45, 2.75) is 45.4 Å². The standard InChI is InChI=1S/C15H22BrNO2S/c1-10-5-7-17(8-6-10)20(18,19)15-12(3)9-11(2)14(16)13(15)4/h9-10H,5-8H2,1-4H3. The Balaban J connectivity index is 2.48. The minimum Gasteiger partial charge on any atom is -0.207 e. The molecule has 20 heavy (non-hydrogen) atoms. The van der Waals surface area contributed by atoms with Crippen LogP contribution in [0.2, 0.25) is 0 Å². The van der Waals surface area contributed by atoms with Crippen LogP contribution in [0.25, 0.3) is 0 Å². The summed E-state index contributed by atoms with van der Waals surface area (Å²) >= 11 is 3.51. The lowest BCUT2D eigenvalue weighted by Gasteiger charge is -2.30. The molecule has 2 rings (SSSR count). The van der Waals surface area contributed by atoms with Crippen LogP contribution in [0, 0.1) is 26.7 Å². The van der Waals surface area contributed by atoms with Crippen LogP contribution >= 0.6 is 15.9 Å². The van der Waals surface area contributed by atoms with Gasteiger partial charge in [0.05, 0.1) is 4.90 Å². The van der Waals surface area contributed by atoms with Crippen molar-refractivity contribution < 1.29 is 8.42 Å². The number of hydrogen-bond donors (Lipinski definition) is 0. The van der Waals surface area contributed by atoms with E-state index in [0.29, 0.717) is 23.9 Å². The highest BCUT2D eigenvalue weighted by molar-refractivity contribution is 9.10. The average Bonchev–Trinajstić information content (AvgIpc) is 2.36. The summed E-state index contributed by atoms with van der Waals surface area (Å²) in [5, 5.41) is 0. The first kappa shape index (κ1) is 16.0. The molecule has 1 aromatic carbocycles. The molecule has 0 spiro atoms. The maximum Gasteiger partial charge on any atom is 0.243 e. The highest BCUT2D eigenvalue weighted by Gasteiger charge is 2.31. The fraction of sp³-hybridized carbons (Fsp3) is 0.600. The van der Waals surface area contributed by atoms with Crippen molar-refractivity contribution in [3.63, 3.8) is 0 Å². The summed E-state index contributed by atoms with van der Waals surface area (Å²) in [7, 11) is -3.38.